The summed E-state index contributed by atoms with van der Waals surface area (Å²) < 4.78 is 4.50. The summed E-state index contributed by atoms with van der Waals surface area (Å²) in [5.74, 6) is -1.84. The molecule has 1 aromatic carbocycles. The third-order valence-corrected chi connectivity index (χ3v) is 1.73. The molecule has 0 saturated heterocycles. The maximum atomic E-state index is 11.2. The number of rotatable bonds is 4. The van der Waals surface area contributed by atoms with E-state index in [9.17, 15) is 9.59 Å². The minimum absolute atomic E-state index is 0. The fourth-order valence-electron chi connectivity index (χ4n) is 0.982. The van der Waals surface area contributed by atoms with E-state index in [2.05, 4.69) is 4.74 Å². The van der Waals surface area contributed by atoms with Gasteiger partial charge in [-0.2, -0.15) is 0 Å². The summed E-state index contributed by atoms with van der Waals surface area (Å²) in [5, 5.41) is 25.5. The van der Waals surface area contributed by atoms with Crippen LogP contribution in [0.25, 0.3) is 0 Å². The largest absolute Gasteiger partial charge is 1.00 e. The van der Waals surface area contributed by atoms with Crippen LogP contribution in [-0.4, -0.2) is 40.2 Å². The predicted octanol–water partition coefficient (Wildman–Crippen LogP) is -5.91. The Morgan fingerprint density at radius 2 is 1.56 bits per heavy atom. The fraction of sp³-hybridized carbons (Fsp3) is 0.200. The van der Waals surface area contributed by atoms with Gasteiger partial charge < -0.3 is 22.9 Å². The number of carboxylic acids is 1. The maximum absolute atomic E-state index is 11.2. The monoisotopic (exact) mass is 242 g/mol. The minimum Gasteiger partial charge on any atom is -1.00 e. The van der Waals surface area contributed by atoms with E-state index in [4.69, 9.17) is 15.3 Å². The average Bonchev–Trinajstić information content (AvgIpc) is 2.26. The Labute approximate surface area is 130 Å². The molecule has 18 heavy (non-hydrogen) atoms. The summed E-state index contributed by atoms with van der Waals surface area (Å²) in [6, 6.07) is 5.09. The number of carbonyl (C=O) groups excluding carboxylic acids is 1. The fourth-order valence-corrected chi connectivity index (χ4v) is 0.982. The van der Waals surface area contributed by atoms with Gasteiger partial charge in [-0.05, 0) is 24.3 Å². The molecule has 0 heterocycles. The van der Waals surface area contributed by atoms with Crippen molar-refractivity contribution in [1.82, 2.24) is 0 Å². The van der Waals surface area contributed by atoms with Gasteiger partial charge in [0, 0.05) is 0 Å². The zero-order valence-corrected chi connectivity index (χ0v) is 10.2. The van der Waals surface area contributed by atoms with Gasteiger partial charge in [-0.25, -0.2) is 9.59 Å². The van der Waals surface area contributed by atoms with E-state index in [0.717, 1.165) is 0 Å². The van der Waals surface area contributed by atoms with Crippen LogP contribution in [-0.2, 0) is 4.74 Å². The zero-order valence-electron chi connectivity index (χ0n) is 12.2. The molecule has 0 amide bonds. The first-order valence-electron chi connectivity index (χ1n) is 4.37. The molecule has 0 unspecified atom stereocenters. The van der Waals surface area contributed by atoms with E-state index < -0.39 is 24.8 Å². The molecule has 0 aliphatic heterocycles. The van der Waals surface area contributed by atoms with E-state index in [0.29, 0.717) is 0 Å². The molecule has 90 valence electrons. The Morgan fingerprint density at radius 3 is 1.94 bits per heavy atom. The molecule has 0 fully saturated rings. The standard InChI is InChI=1S/C10H10O6.2Li.2H/c11-8(12)5-16-10(15)7-3-1-6(2-4-7)9(13)14;;;;/h1-4,8,11-12H,5H2,(H,13,14);;;;/q;2*+1;2*-1. The van der Waals surface area contributed by atoms with E-state index in [1.54, 1.807) is 0 Å². The molecule has 3 N–H and O–H groups in total. The van der Waals surface area contributed by atoms with Gasteiger partial charge in [-0.1, -0.05) is 0 Å². The zero-order chi connectivity index (χ0) is 12.1. The molecular formula is C10H12Li2O6. The molecule has 0 atom stereocenters. The summed E-state index contributed by atoms with van der Waals surface area (Å²) in [6.07, 6.45) is -1.72. The number of aromatic carboxylic acids is 1. The molecule has 0 radical (unpaired) electrons. The number of ether oxygens (including phenoxy) is 1. The Balaban J connectivity index is -0.000000320. The van der Waals surface area contributed by atoms with Crippen molar-refractivity contribution < 1.29 is 70.2 Å². The van der Waals surface area contributed by atoms with Crippen molar-refractivity contribution in [3.05, 3.63) is 35.4 Å². The van der Waals surface area contributed by atoms with Crippen molar-refractivity contribution in [3.63, 3.8) is 0 Å². The number of carboxylic acid groups (broad SMARTS) is 1. The van der Waals surface area contributed by atoms with Crippen LogP contribution in [0.15, 0.2) is 24.3 Å². The second-order valence-corrected chi connectivity index (χ2v) is 2.96. The minimum atomic E-state index is -1.72. The Morgan fingerprint density at radius 1 is 1.11 bits per heavy atom. The number of esters is 1. The van der Waals surface area contributed by atoms with Crippen LogP contribution in [0.1, 0.15) is 23.6 Å². The molecule has 0 aliphatic carbocycles. The second kappa shape index (κ2) is 9.24. The van der Waals surface area contributed by atoms with Crippen molar-refractivity contribution in [2.24, 2.45) is 0 Å². The molecule has 0 spiro atoms. The van der Waals surface area contributed by atoms with Gasteiger partial charge in [0.25, 0.3) is 0 Å². The maximum Gasteiger partial charge on any atom is 1.00 e. The molecule has 1 aromatic rings. The third-order valence-electron chi connectivity index (χ3n) is 1.73. The molecule has 0 aliphatic rings. The van der Waals surface area contributed by atoms with E-state index in [-0.39, 0.29) is 51.7 Å². The smallest absolute Gasteiger partial charge is 1.00 e. The molecule has 1 rings (SSSR count). The van der Waals surface area contributed by atoms with Gasteiger partial charge in [0.1, 0.15) is 6.61 Å². The summed E-state index contributed by atoms with van der Waals surface area (Å²) in [5.41, 5.74) is 0.199. The average molecular weight is 242 g/mol. The van der Waals surface area contributed by atoms with Crippen LogP contribution in [0.2, 0.25) is 0 Å². The summed E-state index contributed by atoms with van der Waals surface area (Å²) in [4.78, 5) is 21.8. The molecule has 0 aromatic heterocycles. The van der Waals surface area contributed by atoms with Crippen LogP contribution in [0, 0.1) is 0 Å². The Hall–Kier alpha value is -0.725. The summed E-state index contributed by atoms with van der Waals surface area (Å²) in [6.45, 7) is -0.528. The van der Waals surface area contributed by atoms with E-state index in [1.807, 2.05) is 0 Å². The van der Waals surface area contributed by atoms with Crippen LogP contribution in [0.5, 0.6) is 0 Å². The normalized spacial score (nSPS) is 9.06. The third kappa shape index (κ3) is 6.27. The first-order chi connectivity index (χ1) is 7.50. The summed E-state index contributed by atoms with van der Waals surface area (Å²) in [7, 11) is 0. The van der Waals surface area contributed by atoms with Crippen LogP contribution in [0.3, 0.4) is 0 Å². The van der Waals surface area contributed by atoms with E-state index >= 15 is 0 Å². The number of aliphatic hydroxyl groups is 2. The van der Waals surface area contributed by atoms with Gasteiger partial charge in [0.15, 0.2) is 6.29 Å². The molecule has 0 saturated carbocycles. The van der Waals surface area contributed by atoms with Gasteiger partial charge in [0.05, 0.1) is 11.1 Å². The van der Waals surface area contributed by atoms with E-state index in [1.165, 1.54) is 24.3 Å². The van der Waals surface area contributed by atoms with Crippen molar-refractivity contribution >= 4 is 11.9 Å². The van der Waals surface area contributed by atoms with Crippen molar-refractivity contribution in [2.75, 3.05) is 6.61 Å². The predicted molar refractivity (Wildman–Crippen MR) is 54.1 cm³/mol. The Kier molecular flexibility index (Phi) is 10.1. The van der Waals surface area contributed by atoms with Gasteiger partial charge in [-0.15, -0.1) is 0 Å². The van der Waals surface area contributed by atoms with Crippen LogP contribution in [0.4, 0.5) is 0 Å². The number of aliphatic hydroxyl groups excluding tert-OH is 1. The van der Waals surface area contributed by atoms with Crippen LogP contribution < -0.4 is 37.7 Å². The quantitative estimate of drug-likeness (QED) is 0.276. The molecule has 8 heteroatoms. The van der Waals surface area contributed by atoms with Gasteiger partial charge in [-0.3, -0.25) is 0 Å². The molecule has 6 nitrogen and oxygen atoms in total. The number of carbonyl (C=O) groups is 2. The SMILES string of the molecule is O=C(O)c1ccc(C(=O)OCC(O)O)cc1.[H-].[H-].[Li+].[Li+]. The van der Waals surface area contributed by atoms with Crippen molar-refractivity contribution in [2.45, 2.75) is 6.29 Å². The molecular weight excluding hydrogens is 230 g/mol. The number of hydrogen-bond donors (Lipinski definition) is 3. The van der Waals surface area contributed by atoms with Gasteiger partial charge >= 0.3 is 49.7 Å². The number of benzene rings is 1. The topological polar surface area (TPSA) is 104 Å². The van der Waals surface area contributed by atoms with Crippen LogP contribution >= 0.6 is 0 Å². The molecule has 0 bridgehead atoms. The number of hydrogen-bond acceptors (Lipinski definition) is 5. The first-order valence-corrected chi connectivity index (χ1v) is 4.37. The van der Waals surface area contributed by atoms with Gasteiger partial charge in [0.2, 0.25) is 0 Å². The van der Waals surface area contributed by atoms with Crippen molar-refractivity contribution in [3.8, 4) is 0 Å². The summed E-state index contributed by atoms with van der Waals surface area (Å²) >= 11 is 0. The first kappa shape index (κ1) is 19.6. The Bertz CT molecular complexity index is 399. The van der Waals surface area contributed by atoms with Crippen molar-refractivity contribution in [1.29, 1.82) is 0 Å². The second-order valence-electron chi connectivity index (χ2n) is 2.96.